The number of nitrogens with zero attached hydrogens (tertiary/aromatic N) is 3. The molecule has 1 aromatic rings. The predicted octanol–water partition coefficient (Wildman–Crippen LogP) is 1.60. The van der Waals surface area contributed by atoms with Crippen molar-refractivity contribution in [3.05, 3.63) is 35.9 Å². The Hall–Kier alpha value is -2.37. The number of likely N-dealkylation sites (tertiary alicyclic amines) is 1. The second kappa shape index (κ2) is 5.33. The molecule has 0 aromatic heterocycles. The molecule has 0 N–H and O–H groups in total. The van der Waals surface area contributed by atoms with Crippen LogP contribution in [-0.2, 0) is 16.1 Å². The van der Waals surface area contributed by atoms with Gasteiger partial charge in [-0.05, 0) is 31.7 Å². The second-order valence-corrected chi connectivity index (χ2v) is 7.04. The third kappa shape index (κ3) is 2.05. The summed E-state index contributed by atoms with van der Waals surface area (Å²) < 4.78 is 0. The van der Waals surface area contributed by atoms with Gasteiger partial charge in [0.1, 0.15) is 11.6 Å². The summed E-state index contributed by atoms with van der Waals surface area (Å²) in [6.45, 7) is 3.52. The maximum absolute atomic E-state index is 12.8. The van der Waals surface area contributed by atoms with Gasteiger partial charge in [-0.3, -0.25) is 9.59 Å². The zero-order valence-electron chi connectivity index (χ0n) is 13.8. The summed E-state index contributed by atoms with van der Waals surface area (Å²) in [7, 11) is 0. The average molecular weight is 327 g/mol. The molecule has 126 valence electrons. The van der Waals surface area contributed by atoms with Crippen LogP contribution in [0.2, 0.25) is 0 Å². The number of carbonyl (C=O) groups excluding carboxylic acids is 3. The lowest BCUT2D eigenvalue weighted by Crippen LogP contribution is -2.47. The van der Waals surface area contributed by atoms with Gasteiger partial charge in [0.05, 0.1) is 0 Å². The fourth-order valence-electron chi connectivity index (χ4n) is 4.17. The maximum atomic E-state index is 12.8. The van der Waals surface area contributed by atoms with E-state index < -0.39 is 11.6 Å². The van der Waals surface area contributed by atoms with Gasteiger partial charge in [0.25, 0.3) is 5.91 Å². The van der Waals surface area contributed by atoms with E-state index in [1.54, 1.807) is 9.80 Å². The standard InChI is InChI=1S/C18H21N3O3/c1-18-9-5-10-20(18)17(24)21(16(18)23)14-8-11-19(15(14)22)12-13-6-3-2-4-7-13/h2-4,6-7,14H,5,8-12H2,1H3/t14-,18-/m0/s1. The molecule has 0 radical (unpaired) electrons. The molecule has 3 saturated heterocycles. The number of rotatable bonds is 3. The Morgan fingerprint density at radius 3 is 2.58 bits per heavy atom. The Kier molecular flexibility index (Phi) is 3.37. The summed E-state index contributed by atoms with van der Waals surface area (Å²) in [6, 6.07) is 8.84. The number of urea groups is 1. The molecule has 3 fully saturated rings. The molecule has 3 aliphatic rings. The third-order valence-electron chi connectivity index (χ3n) is 5.55. The van der Waals surface area contributed by atoms with Crippen LogP contribution in [0.3, 0.4) is 0 Å². The molecular weight excluding hydrogens is 306 g/mol. The molecular formula is C18H21N3O3. The smallest absolute Gasteiger partial charge is 0.328 e. The lowest BCUT2D eigenvalue weighted by Gasteiger charge is -2.23. The van der Waals surface area contributed by atoms with Crippen LogP contribution >= 0.6 is 0 Å². The first-order valence-electron chi connectivity index (χ1n) is 8.50. The van der Waals surface area contributed by atoms with Gasteiger partial charge in [0.2, 0.25) is 5.91 Å². The Morgan fingerprint density at radius 1 is 1.12 bits per heavy atom. The molecule has 0 unspecified atom stereocenters. The SMILES string of the molecule is C[C@@]12CCCN1C(=O)N([C@H]1CCN(Cc3ccccc3)C1=O)C2=O. The number of fused-ring (bicyclic) bond motifs is 1. The van der Waals surface area contributed by atoms with Crippen molar-refractivity contribution in [2.24, 2.45) is 0 Å². The largest absolute Gasteiger partial charge is 0.336 e. The van der Waals surface area contributed by atoms with Crippen molar-refractivity contribution in [2.75, 3.05) is 13.1 Å². The number of carbonyl (C=O) groups is 3. The second-order valence-electron chi connectivity index (χ2n) is 7.04. The van der Waals surface area contributed by atoms with Crippen LogP contribution in [-0.4, -0.2) is 57.2 Å². The Balaban J connectivity index is 1.53. The van der Waals surface area contributed by atoms with Crippen LogP contribution in [0.15, 0.2) is 30.3 Å². The molecule has 2 atom stereocenters. The normalized spacial score (nSPS) is 29.8. The minimum Gasteiger partial charge on any atom is -0.336 e. The van der Waals surface area contributed by atoms with Crippen LogP contribution in [0, 0.1) is 0 Å². The number of hydrogen-bond acceptors (Lipinski definition) is 3. The summed E-state index contributed by atoms with van der Waals surface area (Å²) in [4.78, 5) is 42.9. The molecule has 1 aromatic carbocycles. The average Bonchev–Trinajstić information content (AvgIpc) is 3.18. The van der Waals surface area contributed by atoms with Crippen molar-refractivity contribution in [1.29, 1.82) is 0 Å². The number of benzene rings is 1. The van der Waals surface area contributed by atoms with Gasteiger partial charge in [0.15, 0.2) is 0 Å². The highest BCUT2D eigenvalue weighted by molar-refractivity contribution is 6.10. The summed E-state index contributed by atoms with van der Waals surface area (Å²) in [5, 5.41) is 0. The highest BCUT2D eigenvalue weighted by atomic mass is 16.2. The fourth-order valence-corrected chi connectivity index (χ4v) is 4.17. The predicted molar refractivity (Wildman–Crippen MR) is 86.9 cm³/mol. The van der Waals surface area contributed by atoms with Gasteiger partial charge in [-0.1, -0.05) is 30.3 Å². The van der Waals surface area contributed by atoms with E-state index >= 15 is 0 Å². The number of hydrogen-bond donors (Lipinski definition) is 0. The van der Waals surface area contributed by atoms with Gasteiger partial charge < -0.3 is 9.80 Å². The lowest BCUT2D eigenvalue weighted by molar-refractivity contribution is -0.140. The minimum absolute atomic E-state index is 0.120. The zero-order valence-corrected chi connectivity index (χ0v) is 13.8. The fraction of sp³-hybridized carbons (Fsp3) is 0.500. The van der Waals surface area contributed by atoms with Crippen LogP contribution in [0.5, 0.6) is 0 Å². The van der Waals surface area contributed by atoms with E-state index in [2.05, 4.69) is 0 Å². The minimum atomic E-state index is -0.746. The van der Waals surface area contributed by atoms with Crippen LogP contribution in [0.1, 0.15) is 31.7 Å². The van der Waals surface area contributed by atoms with Gasteiger partial charge in [-0.15, -0.1) is 0 Å². The van der Waals surface area contributed by atoms with Crippen molar-refractivity contribution in [2.45, 2.75) is 44.3 Å². The summed E-state index contributed by atoms with van der Waals surface area (Å²) in [5.41, 5.74) is 0.308. The van der Waals surface area contributed by atoms with E-state index in [0.717, 1.165) is 12.0 Å². The molecule has 0 aliphatic carbocycles. The highest BCUT2D eigenvalue weighted by Crippen LogP contribution is 2.39. The first-order valence-corrected chi connectivity index (χ1v) is 8.50. The third-order valence-corrected chi connectivity index (χ3v) is 5.55. The van der Waals surface area contributed by atoms with Gasteiger partial charge in [0, 0.05) is 19.6 Å². The van der Waals surface area contributed by atoms with E-state index in [9.17, 15) is 14.4 Å². The Labute approximate surface area is 141 Å². The molecule has 6 nitrogen and oxygen atoms in total. The zero-order chi connectivity index (χ0) is 16.9. The van der Waals surface area contributed by atoms with E-state index in [1.807, 2.05) is 37.3 Å². The molecule has 0 bridgehead atoms. The summed E-state index contributed by atoms with van der Waals surface area (Å²) in [5.74, 6) is -0.324. The summed E-state index contributed by atoms with van der Waals surface area (Å²) in [6.07, 6.45) is 2.05. The molecule has 6 heteroatoms. The molecule has 24 heavy (non-hydrogen) atoms. The maximum Gasteiger partial charge on any atom is 0.328 e. The topological polar surface area (TPSA) is 60.9 Å². The molecule has 0 saturated carbocycles. The van der Waals surface area contributed by atoms with E-state index in [4.69, 9.17) is 0 Å². The van der Waals surface area contributed by atoms with E-state index in [0.29, 0.717) is 32.5 Å². The lowest BCUT2D eigenvalue weighted by atomic mass is 9.99. The van der Waals surface area contributed by atoms with Crippen molar-refractivity contribution in [3.63, 3.8) is 0 Å². The van der Waals surface area contributed by atoms with Crippen LogP contribution in [0.25, 0.3) is 0 Å². The van der Waals surface area contributed by atoms with Crippen LogP contribution in [0.4, 0.5) is 4.79 Å². The van der Waals surface area contributed by atoms with Crippen LogP contribution < -0.4 is 0 Å². The van der Waals surface area contributed by atoms with Crippen molar-refractivity contribution < 1.29 is 14.4 Å². The van der Waals surface area contributed by atoms with Crippen molar-refractivity contribution in [1.82, 2.24) is 14.7 Å². The molecule has 4 amide bonds. The molecule has 0 spiro atoms. The van der Waals surface area contributed by atoms with Gasteiger partial charge >= 0.3 is 6.03 Å². The van der Waals surface area contributed by atoms with Crippen molar-refractivity contribution in [3.8, 4) is 0 Å². The van der Waals surface area contributed by atoms with Gasteiger partial charge in [-0.2, -0.15) is 0 Å². The highest BCUT2D eigenvalue weighted by Gasteiger charge is 2.59. The van der Waals surface area contributed by atoms with Gasteiger partial charge in [-0.25, -0.2) is 9.69 Å². The monoisotopic (exact) mass is 327 g/mol. The molecule has 4 rings (SSSR count). The Bertz CT molecular complexity index is 705. The number of amides is 4. The van der Waals surface area contributed by atoms with E-state index in [1.165, 1.54) is 4.90 Å². The first kappa shape index (κ1) is 15.2. The molecule has 3 heterocycles. The summed E-state index contributed by atoms with van der Waals surface area (Å²) >= 11 is 0. The first-order chi connectivity index (χ1) is 11.5. The number of imide groups is 1. The van der Waals surface area contributed by atoms with Crippen molar-refractivity contribution >= 4 is 17.8 Å². The molecule has 3 aliphatic heterocycles. The Morgan fingerprint density at radius 2 is 1.88 bits per heavy atom. The van der Waals surface area contributed by atoms with E-state index in [-0.39, 0.29) is 17.8 Å². The quantitative estimate of drug-likeness (QED) is 0.792.